The Kier molecular flexibility index (Phi) is 8.19. The molecule has 9 heteroatoms. The van der Waals surface area contributed by atoms with E-state index in [1.807, 2.05) is 60.5 Å². The number of allylic oxidation sites excluding steroid dienone is 1. The molecular formula is C35H35FN4O4. The summed E-state index contributed by atoms with van der Waals surface area (Å²) in [4.78, 5) is 42.5. The molecule has 8 nitrogen and oxygen atoms in total. The van der Waals surface area contributed by atoms with Gasteiger partial charge < -0.3 is 19.5 Å². The first-order valence-corrected chi connectivity index (χ1v) is 14.9. The summed E-state index contributed by atoms with van der Waals surface area (Å²) in [6, 6.07) is 16.2. The number of nitrogens with one attached hydrogen (secondary N) is 1. The zero-order valence-electron chi connectivity index (χ0n) is 24.9. The van der Waals surface area contributed by atoms with Crippen molar-refractivity contribution < 1.29 is 23.5 Å². The van der Waals surface area contributed by atoms with Crippen LogP contribution in [0.3, 0.4) is 0 Å². The minimum atomic E-state index is -0.533. The summed E-state index contributed by atoms with van der Waals surface area (Å²) in [5.41, 5.74) is 5.99. The van der Waals surface area contributed by atoms with Gasteiger partial charge >= 0.3 is 12.0 Å². The van der Waals surface area contributed by atoms with Crippen molar-refractivity contribution in [3.8, 4) is 0 Å². The monoisotopic (exact) mass is 594 g/mol. The Hall–Kier alpha value is -4.92. The molecule has 2 aromatic carbocycles. The molecule has 6 rings (SSSR count). The van der Waals surface area contributed by atoms with Gasteiger partial charge in [0.15, 0.2) is 0 Å². The van der Waals surface area contributed by atoms with Crippen LogP contribution in [0.2, 0.25) is 0 Å². The lowest BCUT2D eigenvalue weighted by atomic mass is 9.88. The first-order chi connectivity index (χ1) is 21.3. The average Bonchev–Trinajstić information content (AvgIpc) is 3.39. The van der Waals surface area contributed by atoms with Crippen molar-refractivity contribution >= 4 is 34.9 Å². The molecule has 2 aliphatic heterocycles. The van der Waals surface area contributed by atoms with Gasteiger partial charge in [0.2, 0.25) is 0 Å². The summed E-state index contributed by atoms with van der Waals surface area (Å²) >= 11 is 0. The van der Waals surface area contributed by atoms with E-state index in [9.17, 15) is 14.4 Å². The van der Waals surface area contributed by atoms with Gasteiger partial charge in [0.1, 0.15) is 5.82 Å². The predicted molar refractivity (Wildman–Crippen MR) is 167 cm³/mol. The molecule has 226 valence electrons. The summed E-state index contributed by atoms with van der Waals surface area (Å²) in [6.07, 6.45) is 8.26. The molecule has 3 heterocycles. The number of aromatic nitrogens is 1. The first-order valence-electron chi connectivity index (χ1n) is 14.9. The lowest BCUT2D eigenvalue weighted by molar-refractivity contribution is -0.141. The highest BCUT2D eigenvalue weighted by Gasteiger charge is 2.30. The van der Waals surface area contributed by atoms with E-state index in [2.05, 4.69) is 16.0 Å². The number of fused-ring (bicyclic) bond motifs is 3. The second kappa shape index (κ2) is 12.4. The van der Waals surface area contributed by atoms with E-state index in [-0.39, 0.29) is 37.1 Å². The number of para-hydroxylation sites is 2. The van der Waals surface area contributed by atoms with Crippen LogP contribution in [0.5, 0.6) is 0 Å². The molecule has 1 unspecified atom stereocenters. The van der Waals surface area contributed by atoms with Gasteiger partial charge in [-0.3, -0.25) is 14.5 Å². The second-order valence-electron chi connectivity index (χ2n) is 11.3. The number of ether oxygens (including phenoxy) is 1. The van der Waals surface area contributed by atoms with Gasteiger partial charge in [-0.2, -0.15) is 0 Å². The third-order valence-electron chi connectivity index (χ3n) is 8.52. The van der Waals surface area contributed by atoms with Crippen LogP contribution < -0.4 is 15.1 Å². The molecule has 1 N–H and O–H groups in total. The highest BCUT2D eigenvalue weighted by atomic mass is 19.1. The fourth-order valence-corrected chi connectivity index (χ4v) is 6.17. The van der Waals surface area contributed by atoms with Gasteiger partial charge in [-0.1, -0.05) is 54.1 Å². The number of esters is 1. The molecule has 0 fully saturated rings. The molecule has 0 saturated heterocycles. The van der Waals surface area contributed by atoms with Crippen LogP contribution in [-0.4, -0.2) is 42.2 Å². The van der Waals surface area contributed by atoms with Crippen LogP contribution >= 0.6 is 0 Å². The molecule has 0 radical (unpaired) electrons. The van der Waals surface area contributed by atoms with Gasteiger partial charge in [0, 0.05) is 54.3 Å². The number of benzene rings is 2. The van der Waals surface area contributed by atoms with Gasteiger partial charge in [-0.15, -0.1) is 0 Å². The van der Waals surface area contributed by atoms with Crippen LogP contribution in [0.25, 0.3) is 5.57 Å². The molecule has 3 aliphatic rings. The Morgan fingerprint density at radius 1 is 1.00 bits per heavy atom. The number of carbonyl (C=O) groups excluding carboxylic acids is 3. The van der Waals surface area contributed by atoms with E-state index in [1.165, 1.54) is 11.0 Å². The number of urea groups is 1. The summed E-state index contributed by atoms with van der Waals surface area (Å²) in [5.74, 6) is -0.995. The van der Waals surface area contributed by atoms with Crippen LogP contribution in [0.4, 0.5) is 20.6 Å². The number of carbonyl (C=O) groups is 3. The fraction of sp³-hybridized carbons (Fsp3) is 0.286. The van der Waals surface area contributed by atoms with Gasteiger partial charge in [0.05, 0.1) is 25.3 Å². The minimum absolute atomic E-state index is 0.00889. The topological polar surface area (TPSA) is 83.9 Å². The summed E-state index contributed by atoms with van der Waals surface area (Å²) in [6.45, 7) is 5.63. The Bertz CT molecular complexity index is 1720. The number of nitrogens with zero attached hydrogens (tertiary/aromatic N) is 3. The van der Waals surface area contributed by atoms with Gasteiger partial charge in [-0.25, -0.2) is 9.18 Å². The Morgan fingerprint density at radius 3 is 2.66 bits per heavy atom. The lowest BCUT2D eigenvalue weighted by Gasteiger charge is -2.31. The van der Waals surface area contributed by atoms with Crippen molar-refractivity contribution in [2.75, 3.05) is 29.5 Å². The molecule has 0 saturated carbocycles. The second-order valence-corrected chi connectivity index (χ2v) is 11.3. The van der Waals surface area contributed by atoms with Crippen molar-refractivity contribution in [2.45, 2.75) is 39.8 Å². The number of anilines is 2. The molecule has 0 bridgehead atoms. The van der Waals surface area contributed by atoms with E-state index in [0.29, 0.717) is 42.8 Å². The molecule has 44 heavy (non-hydrogen) atoms. The number of hydrogen-bond acceptors (Lipinski definition) is 4. The van der Waals surface area contributed by atoms with Gasteiger partial charge in [-0.05, 0) is 55.7 Å². The molecule has 1 aliphatic carbocycles. The molecule has 1 atom stereocenters. The van der Waals surface area contributed by atoms with Crippen LogP contribution in [-0.2, 0) is 27.4 Å². The maximum atomic E-state index is 15.0. The standard InChI is InChI=1S/C35H35FN4O4/c1-3-44-32(41)19-24-15-17-39(33-29(24)10-6-11-30(33)36)35(43)37-20-26-14-13-25(18-23(26)2)34(42)40-22-28-9-7-16-38(28)21-27-8-4-5-12-31(27)40/h4-13,15-16,18,26H,3,14,17,19-22H2,1-2H3,(H,37,43). The quantitative estimate of drug-likeness (QED) is 0.356. The van der Waals surface area contributed by atoms with Crippen LogP contribution in [0, 0.1) is 11.7 Å². The highest BCUT2D eigenvalue weighted by molar-refractivity contribution is 6.08. The van der Waals surface area contributed by atoms with Crippen molar-refractivity contribution in [3.05, 3.63) is 113 Å². The lowest BCUT2D eigenvalue weighted by Crippen LogP contribution is -2.44. The van der Waals surface area contributed by atoms with Crippen molar-refractivity contribution in [1.82, 2.24) is 9.88 Å². The Balaban J connectivity index is 1.13. The first kappa shape index (κ1) is 29.2. The van der Waals surface area contributed by atoms with Crippen molar-refractivity contribution in [2.24, 2.45) is 5.92 Å². The van der Waals surface area contributed by atoms with E-state index < -0.39 is 17.8 Å². The number of amides is 3. The summed E-state index contributed by atoms with van der Waals surface area (Å²) < 4.78 is 22.3. The fourth-order valence-electron chi connectivity index (χ4n) is 6.17. The van der Waals surface area contributed by atoms with E-state index >= 15 is 4.39 Å². The van der Waals surface area contributed by atoms with E-state index in [1.54, 1.807) is 25.1 Å². The highest BCUT2D eigenvalue weighted by Crippen LogP contribution is 2.36. The zero-order valence-corrected chi connectivity index (χ0v) is 24.9. The molecule has 1 aromatic heterocycles. The Morgan fingerprint density at radius 2 is 1.84 bits per heavy atom. The van der Waals surface area contributed by atoms with Crippen LogP contribution in [0.15, 0.2) is 90.2 Å². The molecule has 3 amide bonds. The molecule has 0 spiro atoms. The van der Waals surface area contributed by atoms with E-state index in [4.69, 9.17) is 4.74 Å². The normalized spacial score (nSPS) is 17.2. The third kappa shape index (κ3) is 5.69. The SMILES string of the molecule is CCOC(=O)CC1=CCN(C(=O)NCC2CC=C(C(=O)N3Cc4cccn4Cc4ccccc43)C=C2C)c2c(F)cccc21. The maximum absolute atomic E-state index is 15.0. The smallest absolute Gasteiger partial charge is 0.322 e. The number of rotatable bonds is 6. The van der Waals surface area contributed by atoms with Gasteiger partial charge in [0.25, 0.3) is 5.91 Å². The number of hydrogen-bond donors (Lipinski definition) is 1. The predicted octanol–water partition coefficient (Wildman–Crippen LogP) is 5.98. The molecular weight excluding hydrogens is 559 g/mol. The summed E-state index contributed by atoms with van der Waals surface area (Å²) in [5, 5.41) is 2.96. The summed E-state index contributed by atoms with van der Waals surface area (Å²) in [7, 11) is 0. The Labute approximate surface area is 256 Å². The zero-order chi connectivity index (χ0) is 30.8. The largest absolute Gasteiger partial charge is 0.466 e. The third-order valence-corrected chi connectivity index (χ3v) is 8.52. The van der Waals surface area contributed by atoms with Crippen molar-refractivity contribution in [1.29, 1.82) is 0 Å². The van der Waals surface area contributed by atoms with E-state index in [0.717, 1.165) is 22.5 Å². The molecule has 3 aromatic rings. The van der Waals surface area contributed by atoms with Crippen molar-refractivity contribution in [3.63, 3.8) is 0 Å². The van der Waals surface area contributed by atoms with Crippen LogP contribution in [0.1, 0.15) is 43.5 Å². The number of halogens is 1. The average molecular weight is 595 g/mol. The maximum Gasteiger partial charge on any atom is 0.322 e. The minimum Gasteiger partial charge on any atom is -0.466 e.